The van der Waals surface area contributed by atoms with Crippen LogP contribution in [0.3, 0.4) is 0 Å². The predicted molar refractivity (Wildman–Crippen MR) is 150 cm³/mol. The van der Waals surface area contributed by atoms with Gasteiger partial charge in [0.15, 0.2) is 0 Å². The lowest BCUT2D eigenvalue weighted by atomic mass is 10.1. The number of aromatic nitrogens is 4. The van der Waals surface area contributed by atoms with E-state index in [1.54, 1.807) is 41.2 Å². The zero-order chi connectivity index (χ0) is 29.1. The SMILES string of the molecule is CCS(=O)(=O)Nc1ccc(-c2nn(C(C)(C)C)c(Nc3ccccn3)c2C(N)=O)cc1OCc1ccc(F)cn1. The molecule has 0 aliphatic rings. The molecule has 0 saturated heterocycles. The van der Waals surface area contributed by atoms with E-state index in [-0.39, 0.29) is 35.1 Å². The Bertz CT molecular complexity index is 1620. The number of anilines is 3. The van der Waals surface area contributed by atoms with Gasteiger partial charge in [0.05, 0.1) is 28.9 Å². The largest absolute Gasteiger partial charge is 0.485 e. The topological polar surface area (TPSA) is 154 Å². The van der Waals surface area contributed by atoms with Gasteiger partial charge in [0, 0.05) is 11.8 Å². The van der Waals surface area contributed by atoms with Gasteiger partial charge in [0.25, 0.3) is 5.91 Å². The third-order valence-corrected chi connectivity index (χ3v) is 7.03. The summed E-state index contributed by atoms with van der Waals surface area (Å²) in [5, 5.41) is 7.90. The van der Waals surface area contributed by atoms with E-state index in [2.05, 4.69) is 20.0 Å². The Hall–Kier alpha value is -4.52. The second-order valence-corrected chi connectivity index (χ2v) is 11.8. The van der Waals surface area contributed by atoms with Gasteiger partial charge in [-0.15, -0.1) is 0 Å². The number of carbonyl (C=O) groups excluding carboxylic acids is 1. The first kappa shape index (κ1) is 28.5. The van der Waals surface area contributed by atoms with E-state index in [0.717, 1.165) is 6.20 Å². The fraction of sp³-hybridized carbons (Fsp3) is 0.259. The number of ether oxygens (including phenoxy) is 1. The van der Waals surface area contributed by atoms with E-state index in [1.165, 1.54) is 25.1 Å². The number of nitrogens with one attached hydrogen (secondary N) is 2. The molecule has 4 N–H and O–H groups in total. The highest BCUT2D eigenvalue weighted by Crippen LogP contribution is 2.37. The Balaban J connectivity index is 1.84. The zero-order valence-electron chi connectivity index (χ0n) is 22.5. The number of carbonyl (C=O) groups is 1. The summed E-state index contributed by atoms with van der Waals surface area (Å²) in [7, 11) is -3.65. The number of pyridine rings is 2. The maximum Gasteiger partial charge on any atom is 0.254 e. The minimum atomic E-state index is -3.65. The van der Waals surface area contributed by atoms with Crippen LogP contribution in [-0.4, -0.2) is 39.8 Å². The van der Waals surface area contributed by atoms with Gasteiger partial charge >= 0.3 is 0 Å². The molecular formula is C27H30FN7O4S. The standard InChI is InChI=1S/C27H30FN7O4S/c1-5-40(37,38)34-20-12-9-17(14-21(20)39-16-19-11-10-18(28)15-31-19)24-23(25(29)36)26(35(33-24)27(2,3)4)32-22-8-6-7-13-30-22/h6-15,34H,5,16H2,1-4H3,(H2,29,36)(H,30,32). The fourth-order valence-electron chi connectivity index (χ4n) is 3.77. The van der Waals surface area contributed by atoms with Gasteiger partial charge < -0.3 is 15.8 Å². The Kier molecular flexibility index (Phi) is 8.05. The van der Waals surface area contributed by atoms with Crippen LogP contribution < -0.4 is 20.5 Å². The molecule has 3 aromatic heterocycles. The minimum Gasteiger partial charge on any atom is -0.485 e. The number of primary amides is 1. The van der Waals surface area contributed by atoms with Crippen molar-refractivity contribution in [2.45, 2.75) is 39.8 Å². The Morgan fingerprint density at radius 1 is 1.12 bits per heavy atom. The van der Waals surface area contributed by atoms with Crippen molar-refractivity contribution in [3.05, 3.63) is 78.0 Å². The smallest absolute Gasteiger partial charge is 0.254 e. The maximum atomic E-state index is 13.3. The minimum absolute atomic E-state index is 0.0732. The van der Waals surface area contributed by atoms with Crippen molar-refractivity contribution < 1.29 is 22.3 Å². The lowest BCUT2D eigenvalue weighted by Crippen LogP contribution is -2.25. The number of halogens is 1. The molecule has 210 valence electrons. The maximum absolute atomic E-state index is 13.3. The normalized spacial score (nSPS) is 11.7. The Morgan fingerprint density at radius 3 is 2.50 bits per heavy atom. The third kappa shape index (κ3) is 6.54. The number of hydrogen-bond donors (Lipinski definition) is 3. The van der Waals surface area contributed by atoms with Crippen LogP contribution in [0.15, 0.2) is 60.9 Å². The van der Waals surface area contributed by atoms with Crippen LogP contribution in [0.2, 0.25) is 0 Å². The van der Waals surface area contributed by atoms with Gasteiger partial charge in [-0.05, 0) is 64.1 Å². The average molecular weight is 568 g/mol. The van der Waals surface area contributed by atoms with Gasteiger partial charge in [0.2, 0.25) is 10.0 Å². The van der Waals surface area contributed by atoms with Gasteiger partial charge in [0.1, 0.15) is 41.1 Å². The molecular weight excluding hydrogens is 537 g/mol. The molecule has 1 aromatic carbocycles. The second-order valence-electron chi connectivity index (χ2n) is 9.83. The highest BCUT2D eigenvalue weighted by molar-refractivity contribution is 7.92. The molecule has 13 heteroatoms. The van der Waals surface area contributed by atoms with Crippen molar-refractivity contribution in [3.8, 4) is 17.0 Å². The molecule has 40 heavy (non-hydrogen) atoms. The summed E-state index contributed by atoms with van der Waals surface area (Å²) < 4.78 is 48.1. The first-order chi connectivity index (χ1) is 18.9. The molecule has 0 aliphatic heterocycles. The quantitative estimate of drug-likeness (QED) is 0.255. The number of benzene rings is 1. The molecule has 3 heterocycles. The summed E-state index contributed by atoms with van der Waals surface area (Å²) in [6.07, 6.45) is 2.67. The molecule has 0 atom stereocenters. The number of rotatable bonds is 10. The molecule has 11 nitrogen and oxygen atoms in total. The first-order valence-electron chi connectivity index (χ1n) is 12.4. The van der Waals surface area contributed by atoms with Crippen molar-refractivity contribution in [1.82, 2.24) is 19.7 Å². The number of nitrogens with zero attached hydrogens (tertiary/aromatic N) is 4. The predicted octanol–water partition coefficient (Wildman–Crippen LogP) is 4.42. The summed E-state index contributed by atoms with van der Waals surface area (Å²) in [5.74, 6) is -0.383. The molecule has 4 aromatic rings. The van der Waals surface area contributed by atoms with E-state index in [4.69, 9.17) is 15.6 Å². The monoisotopic (exact) mass is 567 g/mol. The molecule has 0 aliphatic carbocycles. The summed E-state index contributed by atoms with van der Waals surface area (Å²) >= 11 is 0. The van der Waals surface area contributed by atoms with E-state index < -0.39 is 27.3 Å². The van der Waals surface area contributed by atoms with Gasteiger partial charge in [-0.2, -0.15) is 5.10 Å². The van der Waals surface area contributed by atoms with Crippen LogP contribution in [0.4, 0.5) is 21.7 Å². The Morgan fingerprint density at radius 2 is 1.90 bits per heavy atom. The zero-order valence-corrected chi connectivity index (χ0v) is 23.3. The number of nitrogens with two attached hydrogens (primary N) is 1. The molecule has 0 spiro atoms. The number of hydrogen-bond acceptors (Lipinski definition) is 8. The van der Waals surface area contributed by atoms with Crippen LogP contribution in [0.5, 0.6) is 5.75 Å². The van der Waals surface area contributed by atoms with Gasteiger partial charge in [-0.1, -0.05) is 12.1 Å². The van der Waals surface area contributed by atoms with Crippen molar-refractivity contribution in [2.24, 2.45) is 5.73 Å². The number of sulfonamides is 1. The van der Waals surface area contributed by atoms with Gasteiger partial charge in [-0.25, -0.2) is 22.5 Å². The third-order valence-electron chi connectivity index (χ3n) is 5.74. The summed E-state index contributed by atoms with van der Waals surface area (Å²) in [6, 6.07) is 12.7. The van der Waals surface area contributed by atoms with Crippen LogP contribution >= 0.6 is 0 Å². The van der Waals surface area contributed by atoms with Crippen molar-refractivity contribution in [2.75, 3.05) is 15.8 Å². The first-order valence-corrected chi connectivity index (χ1v) is 14.0. The number of amides is 1. The molecule has 0 bridgehead atoms. The summed E-state index contributed by atoms with van der Waals surface area (Å²) in [4.78, 5) is 21.1. The van der Waals surface area contributed by atoms with Crippen LogP contribution in [-0.2, 0) is 22.2 Å². The highest BCUT2D eigenvalue weighted by Gasteiger charge is 2.29. The molecule has 0 unspecified atom stereocenters. The molecule has 4 rings (SSSR count). The summed E-state index contributed by atoms with van der Waals surface area (Å²) in [6.45, 7) is 7.20. The fourth-order valence-corrected chi connectivity index (χ4v) is 4.42. The second kappa shape index (κ2) is 11.3. The molecule has 0 radical (unpaired) electrons. The van der Waals surface area contributed by atoms with Crippen molar-refractivity contribution in [1.29, 1.82) is 0 Å². The van der Waals surface area contributed by atoms with Crippen LogP contribution in [0, 0.1) is 5.82 Å². The van der Waals surface area contributed by atoms with Crippen molar-refractivity contribution in [3.63, 3.8) is 0 Å². The molecule has 0 fully saturated rings. The lowest BCUT2D eigenvalue weighted by molar-refractivity contribution is 0.100. The van der Waals surface area contributed by atoms with Crippen LogP contribution in [0.1, 0.15) is 43.7 Å². The summed E-state index contributed by atoms with van der Waals surface area (Å²) in [5.41, 5.74) is 6.72. The Labute approximate surface area is 231 Å². The van der Waals surface area contributed by atoms with Gasteiger partial charge in [-0.3, -0.25) is 14.5 Å². The molecule has 0 saturated carbocycles. The van der Waals surface area contributed by atoms with E-state index in [1.807, 2.05) is 20.8 Å². The van der Waals surface area contributed by atoms with E-state index in [0.29, 0.717) is 22.9 Å². The lowest BCUT2D eigenvalue weighted by Gasteiger charge is -2.23. The van der Waals surface area contributed by atoms with Crippen molar-refractivity contribution >= 4 is 33.3 Å². The molecule has 1 amide bonds. The average Bonchev–Trinajstić information content (AvgIpc) is 3.29. The van der Waals surface area contributed by atoms with Crippen LogP contribution in [0.25, 0.3) is 11.3 Å². The highest BCUT2D eigenvalue weighted by atomic mass is 32.2. The van der Waals surface area contributed by atoms with E-state index in [9.17, 15) is 17.6 Å². The van der Waals surface area contributed by atoms with E-state index >= 15 is 0 Å².